The molecule has 21 heavy (non-hydrogen) atoms. The first-order valence-electron chi connectivity index (χ1n) is 7.26. The molecule has 1 aromatic heterocycles. The molecule has 0 radical (unpaired) electrons. The van der Waals surface area contributed by atoms with E-state index in [1.807, 2.05) is 37.6 Å². The van der Waals surface area contributed by atoms with Crippen LogP contribution in [0.5, 0.6) is 0 Å². The third-order valence-electron chi connectivity index (χ3n) is 3.86. The van der Waals surface area contributed by atoms with E-state index in [2.05, 4.69) is 20.2 Å². The van der Waals surface area contributed by atoms with Gasteiger partial charge < -0.3 is 15.2 Å². The van der Waals surface area contributed by atoms with Crippen LogP contribution in [0, 0.1) is 6.92 Å². The van der Waals surface area contributed by atoms with E-state index in [0.717, 1.165) is 17.8 Å². The van der Waals surface area contributed by atoms with Crippen molar-refractivity contribution in [1.29, 1.82) is 0 Å². The van der Waals surface area contributed by atoms with Crippen LogP contribution >= 0.6 is 0 Å². The van der Waals surface area contributed by atoms with Crippen LogP contribution in [0.2, 0.25) is 0 Å². The minimum Gasteiger partial charge on any atom is -0.379 e. The van der Waals surface area contributed by atoms with Crippen LogP contribution in [-0.2, 0) is 6.54 Å². The molecule has 0 bridgehead atoms. The van der Waals surface area contributed by atoms with Crippen LogP contribution < -0.4 is 10.6 Å². The molecule has 1 heterocycles. The van der Waals surface area contributed by atoms with Gasteiger partial charge in [0, 0.05) is 30.5 Å². The lowest BCUT2D eigenvalue weighted by Gasteiger charge is -2.12. The third kappa shape index (κ3) is 2.91. The number of rotatable bonds is 5. The average Bonchev–Trinajstić information content (AvgIpc) is 3.24. The first-order valence-corrected chi connectivity index (χ1v) is 7.26. The van der Waals surface area contributed by atoms with E-state index in [-0.39, 0.29) is 5.91 Å². The first-order chi connectivity index (χ1) is 10.2. The van der Waals surface area contributed by atoms with Crippen LogP contribution in [0.15, 0.2) is 30.7 Å². The van der Waals surface area contributed by atoms with E-state index in [0.29, 0.717) is 11.6 Å². The number of carbonyl (C=O) groups excluding carboxylic acids is 1. The minimum atomic E-state index is -0.0588. The molecule has 2 N–H and O–H groups in total. The molecule has 2 aromatic rings. The predicted octanol–water partition coefficient (Wildman–Crippen LogP) is 2.50. The summed E-state index contributed by atoms with van der Waals surface area (Å²) >= 11 is 0. The molecule has 3 rings (SSSR count). The fourth-order valence-corrected chi connectivity index (χ4v) is 2.48. The molecule has 1 aliphatic rings. The Hall–Kier alpha value is -2.30. The first kappa shape index (κ1) is 13.7. The van der Waals surface area contributed by atoms with Crippen molar-refractivity contribution in [2.45, 2.75) is 32.4 Å². The van der Waals surface area contributed by atoms with Crippen molar-refractivity contribution in [3.05, 3.63) is 47.5 Å². The highest BCUT2D eigenvalue weighted by Gasteiger charge is 2.24. The van der Waals surface area contributed by atoms with Gasteiger partial charge in [-0.15, -0.1) is 0 Å². The zero-order valence-corrected chi connectivity index (χ0v) is 12.4. The molecule has 0 unspecified atom stereocenters. The van der Waals surface area contributed by atoms with Gasteiger partial charge in [0.2, 0.25) is 0 Å². The van der Waals surface area contributed by atoms with Gasteiger partial charge in [0.1, 0.15) is 0 Å². The number of anilines is 1. The summed E-state index contributed by atoms with van der Waals surface area (Å²) in [6, 6.07) is 6.34. The van der Waals surface area contributed by atoms with Crippen LogP contribution in [0.3, 0.4) is 0 Å². The Morgan fingerprint density at radius 2 is 2.24 bits per heavy atom. The third-order valence-corrected chi connectivity index (χ3v) is 3.86. The Morgan fingerprint density at radius 1 is 1.43 bits per heavy atom. The summed E-state index contributed by atoms with van der Waals surface area (Å²) in [4.78, 5) is 15.8. The second kappa shape index (κ2) is 5.60. The maximum atomic E-state index is 11.6. The van der Waals surface area contributed by atoms with E-state index >= 15 is 0 Å². The predicted molar refractivity (Wildman–Crippen MR) is 82.4 cm³/mol. The molecule has 0 saturated heterocycles. The number of carbonyl (C=O) groups is 1. The molecule has 1 amide bonds. The van der Waals surface area contributed by atoms with E-state index in [4.69, 9.17) is 0 Å². The van der Waals surface area contributed by atoms with Gasteiger partial charge in [-0.05, 0) is 43.5 Å². The summed E-state index contributed by atoms with van der Waals surface area (Å²) in [5.74, 6) is -0.0588. The van der Waals surface area contributed by atoms with Crippen molar-refractivity contribution in [3.8, 4) is 0 Å². The molecule has 0 spiro atoms. The van der Waals surface area contributed by atoms with E-state index in [9.17, 15) is 4.79 Å². The summed E-state index contributed by atoms with van der Waals surface area (Å²) in [5, 5.41) is 6.07. The topological polar surface area (TPSA) is 59.0 Å². The van der Waals surface area contributed by atoms with Gasteiger partial charge in [-0.2, -0.15) is 0 Å². The molecule has 1 saturated carbocycles. The van der Waals surface area contributed by atoms with Crippen LogP contribution in [-0.4, -0.2) is 22.5 Å². The Labute approximate surface area is 124 Å². The molecule has 5 nitrogen and oxygen atoms in total. The number of benzene rings is 1. The minimum absolute atomic E-state index is 0.0588. The summed E-state index contributed by atoms with van der Waals surface area (Å²) in [7, 11) is 1.64. The monoisotopic (exact) mass is 284 g/mol. The number of hydrogen-bond acceptors (Lipinski definition) is 3. The average molecular weight is 284 g/mol. The number of aryl methyl sites for hydroxylation is 1. The molecular formula is C16H20N4O. The number of imidazole rings is 1. The number of aromatic nitrogens is 2. The van der Waals surface area contributed by atoms with Crippen molar-refractivity contribution in [2.24, 2.45) is 0 Å². The Balaban J connectivity index is 1.70. The molecule has 0 aliphatic heterocycles. The number of nitrogens with zero attached hydrogens (tertiary/aromatic N) is 2. The standard InChI is InChI=1S/C16H20N4O/c1-11-7-12(16(21)17-2)3-6-15(11)19-9-14-8-18-10-20(14)13-4-5-13/h3,6-8,10,13,19H,4-5,9H2,1-2H3,(H,17,21). The van der Waals surface area contributed by atoms with Gasteiger partial charge in [0.15, 0.2) is 0 Å². The van der Waals surface area contributed by atoms with Crippen LogP contribution in [0.1, 0.15) is 40.5 Å². The van der Waals surface area contributed by atoms with Crippen LogP contribution in [0.4, 0.5) is 5.69 Å². The van der Waals surface area contributed by atoms with E-state index in [1.54, 1.807) is 7.05 Å². The summed E-state index contributed by atoms with van der Waals surface area (Å²) in [6.07, 6.45) is 6.34. The molecule has 0 atom stereocenters. The Kier molecular flexibility index (Phi) is 3.64. The molecule has 1 fully saturated rings. The maximum Gasteiger partial charge on any atom is 0.251 e. The Bertz CT molecular complexity index is 658. The number of amides is 1. The highest BCUT2D eigenvalue weighted by molar-refractivity contribution is 5.94. The lowest BCUT2D eigenvalue weighted by atomic mass is 10.1. The molecule has 5 heteroatoms. The summed E-state index contributed by atoms with van der Waals surface area (Å²) in [5.41, 5.74) is 4.00. The van der Waals surface area contributed by atoms with Crippen molar-refractivity contribution in [3.63, 3.8) is 0 Å². The highest BCUT2D eigenvalue weighted by atomic mass is 16.1. The maximum absolute atomic E-state index is 11.6. The largest absolute Gasteiger partial charge is 0.379 e. The molecule has 1 aliphatic carbocycles. The lowest BCUT2D eigenvalue weighted by molar-refractivity contribution is 0.0963. The second-order valence-corrected chi connectivity index (χ2v) is 5.49. The van der Waals surface area contributed by atoms with Crippen molar-refractivity contribution in [2.75, 3.05) is 12.4 Å². The quantitative estimate of drug-likeness (QED) is 0.887. The summed E-state index contributed by atoms with van der Waals surface area (Å²) < 4.78 is 2.25. The van der Waals surface area contributed by atoms with Gasteiger partial charge in [-0.25, -0.2) is 4.98 Å². The zero-order valence-electron chi connectivity index (χ0n) is 12.4. The Morgan fingerprint density at radius 3 is 2.90 bits per heavy atom. The highest BCUT2D eigenvalue weighted by Crippen LogP contribution is 2.35. The molecular weight excluding hydrogens is 264 g/mol. The van der Waals surface area contributed by atoms with E-state index < -0.39 is 0 Å². The lowest BCUT2D eigenvalue weighted by Crippen LogP contribution is -2.18. The van der Waals surface area contributed by atoms with Gasteiger partial charge in [-0.3, -0.25) is 4.79 Å². The van der Waals surface area contributed by atoms with Gasteiger partial charge >= 0.3 is 0 Å². The summed E-state index contributed by atoms with van der Waals surface area (Å²) in [6.45, 7) is 2.75. The SMILES string of the molecule is CNC(=O)c1ccc(NCc2cncn2C2CC2)c(C)c1. The smallest absolute Gasteiger partial charge is 0.251 e. The van der Waals surface area contributed by atoms with Crippen molar-refractivity contribution in [1.82, 2.24) is 14.9 Å². The fourth-order valence-electron chi connectivity index (χ4n) is 2.48. The van der Waals surface area contributed by atoms with Crippen LogP contribution in [0.25, 0.3) is 0 Å². The van der Waals surface area contributed by atoms with Gasteiger partial charge in [0.05, 0.1) is 18.6 Å². The number of hydrogen-bond donors (Lipinski definition) is 2. The second-order valence-electron chi connectivity index (χ2n) is 5.49. The van der Waals surface area contributed by atoms with Crippen molar-refractivity contribution >= 4 is 11.6 Å². The fraction of sp³-hybridized carbons (Fsp3) is 0.375. The molecule has 1 aromatic carbocycles. The van der Waals surface area contributed by atoms with Crippen molar-refractivity contribution < 1.29 is 4.79 Å². The van der Waals surface area contributed by atoms with Gasteiger partial charge in [-0.1, -0.05) is 0 Å². The normalized spacial score (nSPS) is 14.0. The zero-order chi connectivity index (χ0) is 14.8. The van der Waals surface area contributed by atoms with Gasteiger partial charge in [0.25, 0.3) is 5.91 Å². The van der Waals surface area contributed by atoms with E-state index in [1.165, 1.54) is 18.5 Å². The number of nitrogens with one attached hydrogen (secondary N) is 2. The molecule has 110 valence electrons.